The van der Waals surface area contributed by atoms with Gasteiger partial charge in [0, 0.05) is 24.7 Å². The van der Waals surface area contributed by atoms with E-state index in [1.165, 1.54) is 7.11 Å². The van der Waals surface area contributed by atoms with E-state index in [0.717, 1.165) is 5.69 Å². The van der Waals surface area contributed by atoms with E-state index in [1.807, 2.05) is 30.3 Å². The van der Waals surface area contributed by atoms with Gasteiger partial charge in [-0.3, -0.25) is 4.79 Å². The van der Waals surface area contributed by atoms with Crippen LogP contribution in [0.15, 0.2) is 48.5 Å². The van der Waals surface area contributed by atoms with Crippen LogP contribution < -0.4 is 25.0 Å². The number of benzene rings is 2. The molecule has 0 aromatic heterocycles. The predicted octanol–water partition coefficient (Wildman–Crippen LogP) is 2.63. The third kappa shape index (κ3) is 3.88. The standard InChI is InChI=1S/C19H21N3O4/c1-25-15-8-9-17(26-2)16(11-15)21-19(24)20-13-10-18(23)22(12-13)14-6-4-3-5-7-14/h3-9,11,13H,10,12H2,1-2H3,(H2,20,21,24)/t13-/m0/s1. The molecule has 0 radical (unpaired) electrons. The van der Waals surface area contributed by atoms with Crippen LogP contribution in [0.5, 0.6) is 11.5 Å². The van der Waals surface area contributed by atoms with Crippen LogP contribution in [-0.4, -0.2) is 38.7 Å². The molecular weight excluding hydrogens is 334 g/mol. The highest BCUT2D eigenvalue weighted by Crippen LogP contribution is 2.29. The number of nitrogens with zero attached hydrogens (tertiary/aromatic N) is 1. The Balaban J connectivity index is 1.63. The van der Waals surface area contributed by atoms with E-state index in [0.29, 0.717) is 23.7 Å². The molecule has 0 saturated carbocycles. The van der Waals surface area contributed by atoms with Gasteiger partial charge in [0.15, 0.2) is 0 Å². The van der Waals surface area contributed by atoms with Gasteiger partial charge in [-0.25, -0.2) is 4.79 Å². The van der Waals surface area contributed by atoms with Crippen molar-refractivity contribution in [3.63, 3.8) is 0 Å². The number of amides is 3. The quantitative estimate of drug-likeness (QED) is 0.864. The molecule has 0 unspecified atom stereocenters. The Morgan fingerprint density at radius 1 is 1.12 bits per heavy atom. The fourth-order valence-electron chi connectivity index (χ4n) is 2.92. The maximum Gasteiger partial charge on any atom is 0.319 e. The lowest BCUT2D eigenvalue weighted by Gasteiger charge is -2.18. The molecule has 1 aliphatic heterocycles. The van der Waals surface area contributed by atoms with Crippen molar-refractivity contribution in [1.82, 2.24) is 5.32 Å². The number of carbonyl (C=O) groups is 2. The lowest BCUT2D eigenvalue weighted by atomic mass is 10.2. The number of hydrogen-bond acceptors (Lipinski definition) is 4. The molecule has 26 heavy (non-hydrogen) atoms. The van der Waals surface area contributed by atoms with Crippen molar-refractivity contribution >= 4 is 23.3 Å². The summed E-state index contributed by atoms with van der Waals surface area (Å²) < 4.78 is 10.4. The number of nitrogens with one attached hydrogen (secondary N) is 2. The Labute approximate surface area is 151 Å². The first-order chi connectivity index (χ1) is 12.6. The average Bonchev–Trinajstić information content (AvgIpc) is 3.02. The molecule has 7 heteroatoms. The fourth-order valence-corrected chi connectivity index (χ4v) is 2.92. The first-order valence-corrected chi connectivity index (χ1v) is 8.25. The van der Waals surface area contributed by atoms with Crippen LogP contribution in [-0.2, 0) is 4.79 Å². The maximum absolute atomic E-state index is 12.3. The van der Waals surface area contributed by atoms with Crippen molar-refractivity contribution in [3.05, 3.63) is 48.5 Å². The van der Waals surface area contributed by atoms with Crippen LogP contribution >= 0.6 is 0 Å². The minimum atomic E-state index is -0.399. The monoisotopic (exact) mass is 355 g/mol. The number of rotatable bonds is 5. The fraction of sp³-hybridized carbons (Fsp3) is 0.263. The lowest BCUT2D eigenvalue weighted by molar-refractivity contribution is -0.117. The summed E-state index contributed by atoms with van der Waals surface area (Å²) in [5.74, 6) is 1.11. The van der Waals surface area contributed by atoms with E-state index in [1.54, 1.807) is 30.2 Å². The molecule has 0 aliphatic carbocycles. The van der Waals surface area contributed by atoms with Crippen LogP contribution in [0.1, 0.15) is 6.42 Å². The molecule has 1 aliphatic rings. The molecule has 3 amide bonds. The van der Waals surface area contributed by atoms with E-state index in [9.17, 15) is 9.59 Å². The van der Waals surface area contributed by atoms with Gasteiger partial charge in [-0.2, -0.15) is 0 Å². The summed E-state index contributed by atoms with van der Waals surface area (Å²) in [6.45, 7) is 0.436. The minimum absolute atomic E-state index is 0.0135. The molecule has 1 heterocycles. The molecule has 136 valence electrons. The average molecular weight is 355 g/mol. The third-order valence-corrected chi connectivity index (χ3v) is 4.18. The molecular formula is C19H21N3O4. The number of para-hydroxylation sites is 1. The molecule has 2 N–H and O–H groups in total. The van der Waals surface area contributed by atoms with Crippen LogP contribution in [0.2, 0.25) is 0 Å². The predicted molar refractivity (Wildman–Crippen MR) is 98.9 cm³/mol. The summed E-state index contributed by atoms with van der Waals surface area (Å²) in [5.41, 5.74) is 1.32. The number of hydrogen-bond donors (Lipinski definition) is 2. The van der Waals surface area contributed by atoms with Crippen molar-refractivity contribution < 1.29 is 19.1 Å². The number of carbonyl (C=O) groups excluding carboxylic acids is 2. The van der Waals surface area contributed by atoms with E-state index < -0.39 is 6.03 Å². The third-order valence-electron chi connectivity index (χ3n) is 4.18. The lowest BCUT2D eigenvalue weighted by Crippen LogP contribution is -2.39. The van der Waals surface area contributed by atoms with Crippen LogP contribution in [0, 0.1) is 0 Å². The van der Waals surface area contributed by atoms with E-state index in [2.05, 4.69) is 10.6 Å². The summed E-state index contributed by atoms with van der Waals surface area (Å²) in [6.07, 6.45) is 0.261. The second-order valence-corrected chi connectivity index (χ2v) is 5.91. The van der Waals surface area contributed by atoms with Crippen molar-refractivity contribution in [2.24, 2.45) is 0 Å². The Morgan fingerprint density at radius 3 is 2.58 bits per heavy atom. The highest BCUT2D eigenvalue weighted by atomic mass is 16.5. The van der Waals surface area contributed by atoms with Crippen molar-refractivity contribution in [1.29, 1.82) is 0 Å². The minimum Gasteiger partial charge on any atom is -0.497 e. The summed E-state index contributed by atoms with van der Waals surface area (Å²) in [6, 6.07) is 13.9. The van der Waals surface area contributed by atoms with Crippen molar-refractivity contribution in [2.45, 2.75) is 12.5 Å². The van der Waals surface area contributed by atoms with Crippen molar-refractivity contribution in [2.75, 3.05) is 31.0 Å². The SMILES string of the molecule is COc1ccc(OC)c(NC(=O)N[C@H]2CC(=O)N(c3ccccc3)C2)c1. The molecule has 1 saturated heterocycles. The molecule has 2 aromatic rings. The Hall–Kier alpha value is -3.22. The summed E-state index contributed by atoms with van der Waals surface area (Å²) in [4.78, 5) is 26.2. The van der Waals surface area contributed by atoms with Crippen molar-refractivity contribution in [3.8, 4) is 11.5 Å². The maximum atomic E-state index is 12.3. The molecule has 7 nitrogen and oxygen atoms in total. The topological polar surface area (TPSA) is 79.9 Å². The first kappa shape index (κ1) is 17.6. The van der Waals surface area contributed by atoms with Crippen LogP contribution in [0.3, 0.4) is 0 Å². The smallest absolute Gasteiger partial charge is 0.319 e. The summed E-state index contributed by atoms with van der Waals surface area (Å²) in [7, 11) is 3.08. The second kappa shape index (κ2) is 7.77. The molecule has 1 atom stereocenters. The molecule has 1 fully saturated rings. The number of methoxy groups -OCH3 is 2. The Bertz CT molecular complexity index is 795. The number of ether oxygens (including phenoxy) is 2. The van der Waals surface area contributed by atoms with Gasteiger partial charge in [0.25, 0.3) is 0 Å². The van der Waals surface area contributed by atoms with E-state index in [4.69, 9.17) is 9.47 Å². The molecule has 2 aromatic carbocycles. The van der Waals surface area contributed by atoms with Gasteiger partial charge < -0.3 is 25.0 Å². The zero-order valence-electron chi connectivity index (χ0n) is 14.7. The van der Waals surface area contributed by atoms with Gasteiger partial charge in [0.05, 0.1) is 25.9 Å². The molecule has 0 bridgehead atoms. The van der Waals surface area contributed by atoms with Gasteiger partial charge in [-0.15, -0.1) is 0 Å². The molecule has 0 spiro atoms. The van der Waals surface area contributed by atoms with Gasteiger partial charge in [-0.1, -0.05) is 18.2 Å². The zero-order chi connectivity index (χ0) is 18.5. The second-order valence-electron chi connectivity index (χ2n) is 5.91. The Kier molecular flexibility index (Phi) is 5.26. The van der Waals surface area contributed by atoms with Gasteiger partial charge in [-0.05, 0) is 24.3 Å². The van der Waals surface area contributed by atoms with E-state index in [-0.39, 0.29) is 18.4 Å². The van der Waals surface area contributed by atoms with Gasteiger partial charge in [0.2, 0.25) is 5.91 Å². The van der Waals surface area contributed by atoms with E-state index >= 15 is 0 Å². The highest BCUT2D eigenvalue weighted by molar-refractivity contribution is 5.98. The van der Waals surface area contributed by atoms with Crippen LogP contribution in [0.25, 0.3) is 0 Å². The van der Waals surface area contributed by atoms with Gasteiger partial charge in [0.1, 0.15) is 11.5 Å². The summed E-state index contributed by atoms with van der Waals surface area (Å²) in [5, 5.41) is 5.59. The zero-order valence-corrected chi connectivity index (χ0v) is 14.7. The molecule has 3 rings (SSSR count). The first-order valence-electron chi connectivity index (χ1n) is 8.25. The van der Waals surface area contributed by atoms with Gasteiger partial charge >= 0.3 is 6.03 Å². The Morgan fingerprint density at radius 2 is 1.88 bits per heavy atom. The normalized spacial score (nSPS) is 16.3. The van der Waals surface area contributed by atoms with Crippen LogP contribution in [0.4, 0.5) is 16.2 Å². The number of anilines is 2. The summed E-state index contributed by atoms with van der Waals surface area (Å²) >= 11 is 0. The highest BCUT2D eigenvalue weighted by Gasteiger charge is 2.31. The largest absolute Gasteiger partial charge is 0.497 e. The number of urea groups is 1.